The van der Waals surface area contributed by atoms with Crippen LogP contribution < -0.4 is 0 Å². The Morgan fingerprint density at radius 1 is 0.950 bits per heavy atom. The fraction of sp³-hybridized carbons (Fsp3) is 0.0588. The predicted octanol–water partition coefficient (Wildman–Crippen LogP) is 4.50. The molecule has 0 aliphatic carbocycles. The number of halogens is 1. The van der Waals surface area contributed by atoms with E-state index < -0.39 is 0 Å². The summed E-state index contributed by atoms with van der Waals surface area (Å²) in [5.41, 5.74) is 4.32. The van der Waals surface area contributed by atoms with Gasteiger partial charge in [-0.1, -0.05) is 48.5 Å². The molecule has 0 aliphatic heterocycles. The Balaban J connectivity index is 0.00000147. The van der Waals surface area contributed by atoms with Gasteiger partial charge in [-0.25, -0.2) is 4.98 Å². The van der Waals surface area contributed by atoms with Crippen molar-refractivity contribution in [3.8, 4) is 17.3 Å². The second kappa shape index (κ2) is 5.73. The number of para-hydroxylation sites is 1. The molecule has 1 heterocycles. The molecule has 2 nitrogen and oxygen atoms in total. The van der Waals surface area contributed by atoms with Gasteiger partial charge >= 0.3 is 0 Å². The van der Waals surface area contributed by atoms with Crippen LogP contribution in [0.5, 0.6) is 0 Å². The van der Waals surface area contributed by atoms with Crippen LogP contribution in [0.2, 0.25) is 0 Å². The van der Waals surface area contributed by atoms with Gasteiger partial charge in [0.05, 0.1) is 16.8 Å². The third kappa shape index (κ3) is 2.24. The molecule has 0 N–H and O–H groups in total. The molecule has 0 unspecified atom stereocenters. The molecule has 0 bridgehead atoms. The maximum Gasteiger partial charge on any atom is 0.102 e. The van der Waals surface area contributed by atoms with Gasteiger partial charge in [0.1, 0.15) is 6.07 Å². The number of aromatic nitrogens is 1. The second-order valence-electron chi connectivity index (χ2n) is 4.46. The molecule has 0 aliphatic rings. The van der Waals surface area contributed by atoms with Crippen LogP contribution in [0.3, 0.4) is 0 Å². The Kier molecular flexibility index (Phi) is 4.02. The maximum atomic E-state index is 9.43. The van der Waals surface area contributed by atoms with Crippen LogP contribution in [0.25, 0.3) is 22.2 Å². The Morgan fingerprint density at radius 3 is 2.30 bits per heavy atom. The van der Waals surface area contributed by atoms with E-state index in [2.05, 4.69) is 11.1 Å². The number of rotatable bonds is 1. The highest BCUT2D eigenvalue weighted by atomic mass is 35.5. The molecule has 0 radical (unpaired) electrons. The van der Waals surface area contributed by atoms with Crippen LogP contribution in [0.15, 0.2) is 54.6 Å². The van der Waals surface area contributed by atoms with Gasteiger partial charge in [-0.15, -0.1) is 12.4 Å². The molecule has 0 amide bonds. The largest absolute Gasteiger partial charge is 0.246 e. The van der Waals surface area contributed by atoms with Crippen molar-refractivity contribution in [2.45, 2.75) is 6.92 Å². The summed E-state index contributed by atoms with van der Waals surface area (Å²) >= 11 is 0. The topological polar surface area (TPSA) is 36.7 Å². The smallest absolute Gasteiger partial charge is 0.102 e. The van der Waals surface area contributed by atoms with E-state index in [9.17, 15) is 5.26 Å². The monoisotopic (exact) mass is 280 g/mol. The van der Waals surface area contributed by atoms with Crippen LogP contribution in [0.4, 0.5) is 0 Å². The zero-order valence-corrected chi connectivity index (χ0v) is 11.8. The minimum atomic E-state index is 0. The van der Waals surface area contributed by atoms with E-state index in [1.54, 1.807) is 0 Å². The fourth-order valence-corrected chi connectivity index (χ4v) is 2.32. The third-order valence-electron chi connectivity index (χ3n) is 3.31. The lowest BCUT2D eigenvalue weighted by molar-refractivity contribution is 1.32. The summed E-state index contributed by atoms with van der Waals surface area (Å²) in [5.74, 6) is 0. The minimum absolute atomic E-state index is 0. The van der Waals surface area contributed by atoms with Crippen molar-refractivity contribution in [1.82, 2.24) is 4.98 Å². The molecule has 98 valence electrons. The van der Waals surface area contributed by atoms with Crippen molar-refractivity contribution in [3.05, 3.63) is 65.7 Å². The van der Waals surface area contributed by atoms with E-state index in [-0.39, 0.29) is 12.4 Å². The van der Waals surface area contributed by atoms with Crippen molar-refractivity contribution < 1.29 is 0 Å². The van der Waals surface area contributed by atoms with Crippen LogP contribution >= 0.6 is 12.4 Å². The average Bonchev–Trinajstić information content (AvgIpc) is 2.48. The van der Waals surface area contributed by atoms with Crippen molar-refractivity contribution >= 4 is 23.3 Å². The zero-order chi connectivity index (χ0) is 13.2. The Hall–Kier alpha value is -2.37. The number of benzene rings is 2. The Morgan fingerprint density at radius 2 is 1.60 bits per heavy atom. The molecule has 3 aromatic rings. The molecule has 3 heteroatoms. The summed E-state index contributed by atoms with van der Waals surface area (Å²) in [7, 11) is 0. The summed E-state index contributed by atoms with van der Waals surface area (Å²) in [5, 5.41) is 10.5. The number of nitriles is 1. The lowest BCUT2D eigenvalue weighted by atomic mass is 9.99. The quantitative estimate of drug-likeness (QED) is 0.658. The number of aryl methyl sites for hydroxylation is 1. The number of pyridine rings is 1. The van der Waals surface area contributed by atoms with E-state index in [0.717, 1.165) is 27.7 Å². The highest BCUT2D eigenvalue weighted by Crippen LogP contribution is 2.28. The molecular formula is C17H13ClN2. The normalized spacial score (nSPS) is 9.80. The minimum Gasteiger partial charge on any atom is -0.246 e. The van der Waals surface area contributed by atoms with Crippen LogP contribution in [0, 0.1) is 18.3 Å². The molecule has 0 saturated carbocycles. The predicted molar refractivity (Wildman–Crippen MR) is 83.9 cm³/mol. The highest BCUT2D eigenvalue weighted by molar-refractivity contribution is 5.88. The van der Waals surface area contributed by atoms with Gasteiger partial charge in [0.15, 0.2) is 0 Å². The summed E-state index contributed by atoms with van der Waals surface area (Å²) in [6.07, 6.45) is 0. The van der Waals surface area contributed by atoms with Crippen molar-refractivity contribution in [1.29, 1.82) is 5.26 Å². The average molecular weight is 281 g/mol. The van der Waals surface area contributed by atoms with Gasteiger partial charge in [0.2, 0.25) is 0 Å². The number of hydrogen-bond acceptors (Lipinski definition) is 2. The summed E-state index contributed by atoms with van der Waals surface area (Å²) in [6.45, 7) is 1.98. The van der Waals surface area contributed by atoms with Crippen molar-refractivity contribution in [2.24, 2.45) is 0 Å². The molecule has 0 atom stereocenters. The maximum absolute atomic E-state index is 9.43. The standard InChI is InChI=1S/C17H12N2.ClH/c1-12-14-9-5-6-10-16(14)19-17(15(12)11-18)13-7-3-2-4-8-13;/h2-10H,1H3;1H. The Labute approximate surface area is 124 Å². The SMILES string of the molecule is Cc1c(C#N)c(-c2ccccc2)nc2ccccc12.Cl. The van der Waals surface area contributed by atoms with E-state index in [0.29, 0.717) is 5.56 Å². The summed E-state index contributed by atoms with van der Waals surface area (Å²) in [4.78, 5) is 4.65. The van der Waals surface area contributed by atoms with E-state index in [1.807, 2.05) is 61.5 Å². The fourth-order valence-electron chi connectivity index (χ4n) is 2.32. The first-order valence-electron chi connectivity index (χ1n) is 6.16. The highest BCUT2D eigenvalue weighted by Gasteiger charge is 2.12. The number of nitrogens with zero attached hydrogens (tertiary/aromatic N) is 2. The van der Waals surface area contributed by atoms with Crippen molar-refractivity contribution in [3.63, 3.8) is 0 Å². The number of hydrogen-bond donors (Lipinski definition) is 0. The first-order valence-corrected chi connectivity index (χ1v) is 6.16. The van der Waals surface area contributed by atoms with Gasteiger partial charge in [-0.3, -0.25) is 0 Å². The molecule has 0 saturated heterocycles. The lowest BCUT2D eigenvalue weighted by Crippen LogP contribution is -1.95. The summed E-state index contributed by atoms with van der Waals surface area (Å²) in [6, 6.07) is 20.1. The number of fused-ring (bicyclic) bond motifs is 1. The first kappa shape index (κ1) is 14.0. The van der Waals surface area contributed by atoms with Gasteiger partial charge in [-0.2, -0.15) is 5.26 Å². The van der Waals surface area contributed by atoms with Gasteiger partial charge in [-0.05, 0) is 18.6 Å². The van der Waals surface area contributed by atoms with Gasteiger partial charge in [0.25, 0.3) is 0 Å². The first-order chi connectivity index (χ1) is 9.31. The molecule has 1 aromatic heterocycles. The Bertz CT molecular complexity index is 789. The van der Waals surface area contributed by atoms with E-state index in [1.165, 1.54) is 0 Å². The van der Waals surface area contributed by atoms with Crippen LogP contribution in [0.1, 0.15) is 11.1 Å². The molecule has 0 spiro atoms. The summed E-state index contributed by atoms with van der Waals surface area (Å²) < 4.78 is 0. The lowest BCUT2D eigenvalue weighted by Gasteiger charge is -2.09. The molecule has 0 fully saturated rings. The van der Waals surface area contributed by atoms with Crippen LogP contribution in [-0.2, 0) is 0 Å². The molecule has 3 rings (SSSR count). The van der Waals surface area contributed by atoms with E-state index in [4.69, 9.17) is 0 Å². The zero-order valence-electron chi connectivity index (χ0n) is 11.0. The van der Waals surface area contributed by atoms with E-state index >= 15 is 0 Å². The molecule has 2 aromatic carbocycles. The molecule has 20 heavy (non-hydrogen) atoms. The van der Waals surface area contributed by atoms with Crippen molar-refractivity contribution in [2.75, 3.05) is 0 Å². The van der Waals surface area contributed by atoms with Gasteiger partial charge in [0, 0.05) is 10.9 Å². The third-order valence-corrected chi connectivity index (χ3v) is 3.31. The van der Waals surface area contributed by atoms with Crippen LogP contribution in [-0.4, -0.2) is 4.98 Å². The molecular weight excluding hydrogens is 268 g/mol. The van der Waals surface area contributed by atoms with Gasteiger partial charge < -0.3 is 0 Å². The second-order valence-corrected chi connectivity index (χ2v) is 4.46.